The Morgan fingerprint density at radius 1 is 0.963 bits per heavy atom. The van der Waals surface area contributed by atoms with E-state index in [-0.39, 0.29) is 11.6 Å². The van der Waals surface area contributed by atoms with Gasteiger partial charge in [-0.3, -0.25) is 0 Å². The van der Waals surface area contributed by atoms with Gasteiger partial charge in [-0.15, -0.1) is 0 Å². The number of nitrogens with zero attached hydrogens (tertiary/aromatic N) is 1. The molecular formula is C20H17NO6. The first kappa shape index (κ1) is 17.0. The number of carbonyl (C=O) groups is 1. The minimum absolute atomic E-state index is 0.195. The van der Waals surface area contributed by atoms with Gasteiger partial charge in [0.1, 0.15) is 24.7 Å². The van der Waals surface area contributed by atoms with Crippen molar-refractivity contribution < 1.29 is 28.5 Å². The van der Waals surface area contributed by atoms with Gasteiger partial charge in [-0.05, 0) is 35.9 Å². The van der Waals surface area contributed by atoms with Crippen LogP contribution in [0.1, 0.15) is 11.1 Å². The Balaban J connectivity index is 1.66. The molecule has 0 aliphatic carbocycles. The van der Waals surface area contributed by atoms with Crippen LogP contribution in [0.25, 0.3) is 6.08 Å². The molecule has 0 spiro atoms. The fourth-order valence-corrected chi connectivity index (χ4v) is 2.77. The summed E-state index contributed by atoms with van der Waals surface area (Å²) in [6.07, 6.45) is 1.64. The van der Waals surface area contributed by atoms with Crippen LogP contribution < -0.4 is 18.9 Å². The Bertz CT molecular complexity index is 941. The van der Waals surface area contributed by atoms with Gasteiger partial charge in [-0.25, -0.2) is 9.79 Å². The number of fused-ring (bicyclic) bond motifs is 1. The van der Waals surface area contributed by atoms with Gasteiger partial charge in [0.25, 0.3) is 0 Å². The maximum Gasteiger partial charge on any atom is 0.363 e. The molecule has 0 amide bonds. The topological polar surface area (TPSA) is 75.6 Å². The van der Waals surface area contributed by atoms with E-state index in [1.165, 1.54) is 0 Å². The van der Waals surface area contributed by atoms with E-state index in [1.807, 2.05) is 6.07 Å². The molecule has 4 rings (SSSR count). The third kappa shape index (κ3) is 3.44. The van der Waals surface area contributed by atoms with Crippen LogP contribution in [0.3, 0.4) is 0 Å². The van der Waals surface area contributed by atoms with Gasteiger partial charge in [0, 0.05) is 11.6 Å². The van der Waals surface area contributed by atoms with Crippen molar-refractivity contribution in [2.24, 2.45) is 4.99 Å². The van der Waals surface area contributed by atoms with Crippen LogP contribution in [-0.2, 0) is 9.53 Å². The maximum absolute atomic E-state index is 12.2. The number of esters is 1. The molecule has 2 aromatic rings. The molecule has 2 heterocycles. The third-order valence-corrected chi connectivity index (χ3v) is 4.09. The zero-order valence-electron chi connectivity index (χ0n) is 14.9. The van der Waals surface area contributed by atoms with E-state index in [0.717, 1.165) is 5.56 Å². The number of hydrogen-bond donors (Lipinski definition) is 0. The SMILES string of the molecule is COc1cc(OC)cc(C2=N/C(=C\c3ccc4c(c3)OCCO4)C(=O)O2)c1. The van der Waals surface area contributed by atoms with Crippen LogP contribution in [-0.4, -0.2) is 39.3 Å². The highest BCUT2D eigenvalue weighted by atomic mass is 16.6. The zero-order chi connectivity index (χ0) is 18.8. The second kappa shape index (κ2) is 7.03. The van der Waals surface area contributed by atoms with Crippen LogP contribution >= 0.6 is 0 Å². The number of ether oxygens (including phenoxy) is 5. The molecule has 2 aromatic carbocycles. The lowest BCUT2D eigenvalue weighted by Crippen LogP contribution is -2.15. The smallest absolute Gasteiger partial charge is 0.363 e. The van der Waals surface area contributed by atoms with Crippen molar-refractivity contribution in [3.05, 3.63) is 53.2 Å². The zero-order valence-corrected chi connectivity index (χ0v) is 14.9. The van der Waals surface area contributed by atoms with E-state index in [4.69, 9.17) is 23.7 Å². The van der Waals surface area contributed by atoms with Gasteiger partial charge in [0.15, 0.2) is 17.2 Å². The number of carbonyl (C=O) groups excluding carboxylic acids is 1. The molecule has 0 fully saturated rings. The minimum Gasteiger partial charge on any atom is -0.497 e. The van der Waals surface area contributed by atoms with Crippen molar-refractivity contribution in [1.82, 2.24) is 0 Å². The number of methoxy groups -OCH3 is 2. The predicted octanol–water partition coefficient (Wildman–Crippen LogP) is 2.82. The summed E-state index contributed by atoms with van der Waals surface area (Å²) in [7, 11) is 3.10. The summed E-state index contributed by atoms with van der Waals surface area (Å²) in [6, 6.07) is 10.6. The fraction of sp³-hybridized carbons (Fsp3) is 0.200. The average Bonchev–Trinajstić information content (AvgIpc) is 3.07. The molecule has 138 valence electrons. The summed E-state index contributed by atoms with van der Waals surface area (Å²) in [6.45, 7) is 1.02. The van der Waals surface area contributed by atoms with Crippen molar-refractivity contribution in [3.63, 3.8) is 0 Å². The molecule has 0 radical (unpaired) electrons. The summed E-state index contributed by atoms with van der Waals surface area (Å²) in [4.78, 5) is 16.6. The monoisotopic (exact) mass is 367 g/mol. The highest BCUT2D eigenvalue weighted by Crippen LogP contribution is 2.32. The molecule has 2 aliphatic heterocycles. The number of cyclic esters (lactones) is 1. The summed E-state index contributed by atoms with van der Waals surface area (Å²) in [5.74, 6) is 2.15. The summed E-state index contributed by atoms with van der Waals surface area (Å²) in [5.41, 5.74) is 1.55. The number of hydrogen-bond acceptors (Lipinski definition) is 7. The number of benzene rings is 2. The van der Waals surface area contributed by atoms with Crippen LogP contribution in [0.4, 0.5) is 0 Å². The van der Waals surface area contributed by atoms with E-state index in [1.54, 1.807) is 50.6 Å². The third-order valence-electron chi connectivity index (χ3n) is 4.09. The van der Waals surface area contributed by atoms with Crippen molar-refractivity contribution in [2.75, 3.05) is 27.4 Å². The van der Waals surface area contributed by atoms with E-state index in [2.05, 4.69) is 4.99 Å². The second-order valence-corrected chi connectivity index (χ2v) is 5.84. The molecule has 0 bridgehead atoms. The summed E-state index contributed by atoms with van der Waals surface area (Å²) < 4.78 is 26.9. The predicted molar refractivity (Wildman–Crippen MR) is 97.6 cm³/mol. The Kier molecular flexibility index (Phi) is 4.42. The van der Waals surface area contributed by atoms with Gasteiger partial charge in [0.2, 0.25) is 5.90 Å². The number of rotatable bonds is 4. The minimum atomic E-state index is -0.526. The fourth-order valence-electron chi connectivity index (χ4n) is 2.77. The Morgan fingerprint density at radius 2 is 1.67 bits per heavy atom. The molecule has 7 heteroatoms. The first-order valence-electron chi connectivity index (χ1n) is 8.32. The van der Waals surface area contributed by atoms with Gasteiger partial charge >= 0.3 is 5.97 Å². The van der Waals surface area contributed by atoms with Crippen molar-refractivity contribution in [3.8, 4) is 23.0 Å². The van der Waals surface area contributed by atoms with Gasteiger partial charge in [0.05, 0.1) is 14.2 Å². The molecule has 0 saturated heterocycles. The largest absolute Gasteiger partial charge is 0.497 e. The maximum atomic E-state index is 12.2. The second-order valence-electron chi connectivity index (χ2n) is 5.84. The van der Waals surface area contributed by atoms with Crippen molar-refractivity contribution >= 4 is 17.9 Å². The van der Waals surface area contributed by atoms with E-state index < -0.39 is 5.97 Å². The molecule has 2 aliphatic rings. The van der Waals surface area contributed by atoms with Gasteiger partial charge in [-0.2, -0.15) is 0 Å². The first-order chi connectivity index (χ1) is 13.2. The lowest BCUT2D eigenvalue weighted by atomic mass is 10.1. The Labute approximate surface area is 155 Å². The molecule has 0 unspecified atom stereocenters. The Morgan fingerprint density at radius 3 is 2.37 bits per heavy atom. The van der Waals surface area contributed by atoms with Crippen molar-refractivity contribution in [1.29, 1.82) is 0 Å². The quantitative estimate of drug-likeness (QED) is 0.611. The lowest BCUT2D eigenvalue weighted by molar-refractivity contribution is -0.129. The van der Waals surface area contributed by atoms with E-state index in [9.17, 15) is 4.79 Å². The average molecular weight is 367 g/mol. The van der Waals surface area contributed by atoms with Gasteiger partial charge in [-0.1, -0.05) is 6.07 Å². The normalized spacial score (nSPS) is 16.7. The lowest BCUT2D eigenvalue weighted by Gasteiger charge is -2.18. The standard InChI is InChI=1S/C20H17NO6/c1-23-14-9-13(10-15(11-14)24-2)19-21-16(20(22)27-19)7-12-3-4-17-18(8-12)26-6-5-25-17/h3-4,7-11H,5-6H2,1-2H3/b16-7-. The number of aliphatic imine (C=N–C) groups is 1. The van der Waals surface area contributed by atoms with E-state index >= 15 is 0 Å². The van der Waals surface area contributed by atoms with Gasteiger partial charge < -0.3 is 23.7 Å². The van der Waals surface area contributed by atoms with Crippen molar-refractivity contribution in [2.45, 2.75) is 0 Å². The molecule has 0 atom stereocenters. The van der Waals surface area contributed by atoms with Crippen LogP contribution in [0.2, 0.25) is 0 Å². The molecule has 27 heavy (non-hydrogen) atoms. The summed E-state index contributed by atoms with van der Waals surface area (Å²) in [5, 5.41) is 0. The van der Waals surface area contributed by atoms with Crippen LogP contribution in [0, 0.1) is 0 Å². The summed E-state index contributed by atoms with van der Waals surface area (Å²) >= 11 is 0. The Hall–Kier alpha value is -3.48. The van der Waals surface area contributed by atoms with Crippen LogP contribution in [0.5, 0.6) is 23.0 Å². The van der Waals surface area contributed by atoms with Crippen LogP contribution in [0.15, 0.2) is 47.1 Å². The molecule has 0 saturated carbocycles. The highest BCUT2D eigenvalue weighted by molar-refractivity contribution is 6.13. The highest BCUT2D eigenvalue weighted by Gasteiger charge is 2.25. The molecular weight excluding hydrogens is 350 g/mol. The first-order valence-corrected chi connectivity index (χ1v) is 8.32. The molecule has 7 nitrogen and oxygen atoms in total. The molecule has 0 N–H and O–H groups in total. The van der Waals surface area contributed by atoms with E-state index in [0.29, 0.717) is 41.8 Å². The molecule has 0 aromatic heterocycles.